The van der Waals surface area contributed by atoms with E-state index in [1.54, 1.807) is 0 Å². The van der Waals surface area contributed by atoms with E-state index in [1.807, 2.05) is 0 Å². The summed E-state index contributed by atoms with van der Waals surface area (Å²) >= 11 is 0. The zero-order chi connectivity index (χ0) is 10.4. The van der Waals surface area contributed by atoms with Gasteiger partial charge in [0.05, 0.1) is 0 Å². The number of rotatable bonds is 0. The molecule has 1 heterocycles. The van der Waals surface area contributed by atoms with Gasteiger partial charge in [0.15, 0.2) is 5.78 Å². The van der Waals surface area contributed by atoms with E-state index in [0.29, 0.717) is 11.7 Å². The second kappa shape index (κ2) is 3.22. The van der Waals surface area contributed by atoms with E-state index in [2.05, 4.69) is 13.0 Å². The molecule has 0 unspecified atom stereocenters. The SMILES string of the molecule is CC1=C[C@@H]2OC3=C(C(=O)CCC3)[C@@H]2CC1. The molecule has 2 heteroatoms. The Morgan fingerprint density at radius 1 is 1.33 bits per heavy atom. The Balaban J connectivity index is 1.96. The van der Waals surface area contributed by atoms with E-state index >= 15 is 0 Å². The van der Waals surface area contributed by atoms with Gasteiger partial charge in [-0.15, -0.1) is 0 Å². The number of hydrogen-bond acceptors (Lipinski definition) is 2. The van der Waals surface area contributed by atoms with Crippen LogP contribution in [-0.2, 0) is 9.53 Å². The van der Waals surface area contributed by atoms with Gasteiger partial charge in [-0.25, -0.2) is 0 Å². The first-order valence-electron chi connectivity index (χ1n) is 5.86. The Morgan fingerprint density at radius 3 is 3.07 bits per heavy atom. The van der Waals surface area contributed by atoms with Crippen molar-refractivity contribution in [1.29, 1.82) is 0 Å². The fourth-order valence-corrected chi connectivity index (χ4v) is 2.99. The molecule has 80 valence electrons. The van der Waals surface area contributed by atoms with Gasteiger partial charge in [-0.3, -0.25) is 4.79 Å². The minimum absolute atomic E-state index is 0.172. The lowest BCUT2D eigenvalue weighted by atomic mass is 9.80. The number of carbonyl (C=O) groups excluding carboxylic acids is 1. The average molecular weight is 204 g/mol. The minimum Gasteiger partial charge on any atom is -0.490 e. The third-order valence-corrected chi connectivity index (χ3v) is 3.75. The van der Waals surface area contributed by atoms with Crippen molar-refractivity contribution in [1.82, 2.24) is 0 Å². The van der Waals surface area contributed by atoms with Crippen LogP contribution in [0.2, 0.25) is 0 Å². The smallest absolute Gasteiger partial charge is 0.162 e. The van der Waals surface area contributed by atoms with E-state index < -0.39 is 0 Å². The molecule has 0 aromatic rings. The van der Waals surface area contributed by atoms with Gasteiger partial charge < -0.3 is 4.74 Å². The summed E-state index contributed by atoms with van der Waals surface area (Å²) in [4.78, 5) is 11.9. The maximum atomic E-state index is 11.9. The summed E-state index contributed by atoms with van der Waals surface area (Å²) in [6.07, 6.45) is 7.27. The topological polar surface area (TPSA) is 26.3 Å². The van der Waals surface area contributed by atoms with Crippen molar-refractivity contribution >= 4 is 5.78 Å². The Morgan fingerprint density at radius 2 is 2.20 bits per heavy atom. The summed E-state index contributed by atoms with van der Waals surface area (Å²) in [6, 6.07) is 0. The van der Waals surface area contributed by atoms with Crippen molar-refractivity contribution < 1.29 is 9.53 Å². The molecule has 1 aliphatic heterocycles. The maximum Gasteiger partial charge on any atom is 0.162 e. The highest BCUT2D eigenvalue weighted by molar-refractivity contribution is 5.97. The lowest BCUT2D eigenvalue weighted by Gasteiger charge is -2.23. The van der Waals surface area contributed by atoms with E-state index in [-0.39, 0.29) is 6.10 Å². The molecule has 0 radical (unpaired) electrons. The molecule has 0 N–H and O–H groups in total. The molecule has 0 amide bonds. The summed E-state index contributed by atoms with van der Waals surface area (Å²) in [6.45, 7) is 2.15. The maximum absolute atomic E-state index is 11.9. The van der Waals surface area contributed by atoms with E-state index in [1.165, 1.54) is 5.57 Å². The summed E-state index contributed by atoms with van der Waals surface area (Å²) < 4.78 is 5.89. The molecule has 15 heavy (non-hydrogen) atoms. The molecule has 3 rings (SSSR count). The van der Waals surface area contributed by atoms with Crippen LogP contribution in [0.5, 0.6) is 0 Å². The molecule has 2 atom stereocenters. The lowest BCUT2D eigenvalue weighted by Crippen LogP contribution is -2.23. The summed E-state index contributed by atoms with van der Waals surface area (Å²) in [5, 5.41) is 0. The highest BCUT2D eigenvalue weighted by Crippen LogP contribution is 2.43. The van der Waals surface area contributed by atoms with Crippen molar-refractivity contribution in [3.63, 3.8) is 0 Å². The van der Waals surface area contributed by atoms with Gasteiger partial charge in [-0.2, -0.15) is 0 Å². The Hall–Kier alpha value is -1.05. The van der Waals surface area contributed by atoms with Crippen LogP contribution in [0.4, 0.5) is 0 Å². The molecule has 0 saturated carbocycles. The molecular weight excluding hydrogens is 188 g/mol. The lowest BCUT2D eigenvalue weighted by molar-refractivity contribution is -0.116. The fourth-order valence-electron chi connectivity index (χ4n) is 2.99. The molecule has 0 fully saturated rings. The second-order valence-corrected chi connectivity index (χ2v) is 4.85. The van der Waals surface area contributed by atoms with Gasteiger partial charge in [0, 0.05) is 24.3 Å². The highest BCUT2D eigenvalue weighted by Gasteiger charge is 2.41. The first kappa shape index (κ1) is 9.20. The number of ether oxygens (including phenoxy) is 1. The van der Waals surface area contributed by atoms with E-state index in [9.17, 15) is 4.79 Å². The molecule has 0 spiro atoms. The Kier molecular flexibility index (Phi) is 1.98. The van der Waals surface area contributed by atoms with Crippen LogP contribution < -0.4 is 0 Å². The number of hydrogen-bond donors (Lipinski definition) is 0. The van der Waals surface area contributed by atoms with Gasteiger partial charge in [0.25, 0.3) is 0 Å². The van der Waals surface area contributed by atoms with Crippen molar-refractivity contribution in [3.8, 4) is 0 Å². The summed E-state index contributed by atoms with van der Waals surface area (Å²) in [5.74, 6) is 1.72. The van der Waals surface area contributed by atoms with Crippen LogP contribution in [0, 0.1) is 5.92 Å². The van der Waals surface area contributed by atoms with Crippen molar-refractivity contribution in [2.75, 3.05) is 0 Å². The predicted octanol–water partition coefficient (Wildman–Crippen LogP) is 2.75. The van der Waals surface area contributed by atoms with Crippen molar-refractivity contribution in [3.05, 3.63) is 23.0 Å². The summed E-state index contributed by atoms with van der Waals surface area (Å²) in [7, 11) is 0. The van der Waals surface area contributed by atoms with Gasteiger partial charge in [0.2, 0.25) is 0 Å². The monoisotopic (exact) mass is 204 g/mol. The third kappa shape index (κ3) is 1.35. The van der Waals surface area contributed by atoms with Crippen LogP contribution in [0.3, 0.4) is 0 Å². The largest absolute Gasteiger partial charge is 0.490 e. The number of allylic oxidation sites excluding steroid dienone is 2. The number of Topliss-reactive ketones (excluding diaryl/α,β-unsaturated/α-hetero) is 1. The van der Waals surface area contributed by atoms with Gasteiger partial charge in [-0.1, -0.05) is 5.57 Å². The molecule has 0 aromatic heterocycles. The molecule has 3 aliphatic rings. The quantitative estimate of drug-likeness (QED) is 0.567. The standard InChI is InChI=1S/C13H16O2/c1-8-5-6-9-12(7-8)15-11-4-2-3-10(14)13(9)11/h7,9,12H,2-6H2,1H3/t9-,12+/m1/s1. The van der Waals surface area contributed by atoms with Crippen molar-refractivity contribution in [2.45, 2.75) is 45.1 Å². The zero-order valence-electron chi connectivity index (χ0n) is 9.08. The average Bonchev–Trinajstić information content (AvgIpc) is 2.56. The van der Waals surface area contributed by atoms with Gasteiger partial charge in [0.1, 0.15) is 11.9 Å². The van der Waals surface area contributed by atoms with Crippen LogP contribution in [0.25, 0.3) is 0 Å². The van der Waals surface area contributed by atoms with Crippen LogP contribution >= 0.6 is 0 Å². The van der Waals surface area contributed by atoms with E-state index in [0.717, 1.165) is 43.4 Å². The Labute approximate surface area is 90.0 Å². The van der Waals surface area contributed by atoms with Crippen molar-refractivity contribution in [2.24, 2.45) is 5.92 Å². The molecule has 0 bridgehead atoms. The molecule has 2 aliphatic carbocycles. The zero-order valence-corrected chi connectivity index (χ0v) is 9.08. The van der Waals surface area contributed by atoms with Crippen LogP contribution in [0.1, 0.15) is 39.0 Å². The molecular formula is C13H16O2. The highest BCUT2D eigenvalue weighted by atomic mass is 16.5. The second-order valence-electron chi connectivity index (χ2n) is 4.85. The third-order valence-electron chi connectivity index (χ3n) is 3.75. The predicted molar refractivity (Wildman–Crippen MR) is 57.2 cm³/mol. The van der Waals surface area contributed by atoms with Gasteiger partial charge in [-0.05, 0) is 32.3 Å². The first-order valence-corrected chi connectivity index (χ1v) is 5.86. The van der Waals surface area contributed by atoms with Crippen LogP contribution in [-0.4, -0.2) is 11.9 Å². The normalized spacial score (nSPS) is 34.5. The minimum atomic E-state index is 0.172. The number of ketones is 1. The van der Waals surface area contributed by atoms with E-state index in [4.69, 9.17) is 4.74 Å². The summed E-state index contributed by atoms with van der Waals surface area (Å²) in [5.41, 5.74) is 2.44. The van der Waals surface area contributed by atoms with Crippen LogP contribution in [0.15, 0.2) is 23.0 Å². The number of carbonyl (C=O) groups is 1. The fraction of sp³-hybridized carbons (Fsp3) is 0.615. The number of fused-ring (bicyclic) bond motifs is 2. The molecule has 2 nitrogen and oxygen atoms in total. The first-order chi connectivity index (χ1) is 7.25. The van der Waals surface area contributed by atoms with Gasteiger partial charge >= 0.3 is 0 Å². The molecule has 0 saturated heterocycles. The molecule has 0 aromatic carbocycles. The Bertz CT molecular complexity index is 376.